The summed E-state index contributed by atoms with van der Waals surface area (Å²) < 4.78 is 22.9. The molecular weight excluding hydrogens is 373 g/mol. The molecule has 2 rings (SSSR count). The fourth-order valence-electron chi connectivity index (χ4n) is 4.18. The van der Waals surface area contributed by atoms with Gasteiger partial charge in [-0.3, -0.25) is 4.99 Å². The largest absolute Gasteiger partial charge is 0.405 e. The molecule has 0 radical (unpaired) electrons. The molecule has 0 bridgehead atoms. The molecule has 0 unspecified atom stereocenters. The second-order valence-electron chi connectivity index (χ2n) is 11.1. The van der Waals surface area contributed by atoms with Crippen LogP contribution < -0.4 is 5.09 Å². The molecule has 0 aromatic carbocycles. The van der Waals surface area contributed by atoms with E-state index in [0.717, 1.165) is 12.3 Å². The molecule has 0 saturated carbocycles. The molecule has 1 fully saturated rings. The van der Waals surface area contributed by atoms with Crippen LogP contribution in [-0.4, -0.2) is 43.6 Å². The van der Waals surface area contributed by atoms with Gasteiger partial charge in [-0.2, -0.15) is 0 Å². The van der Waals surface area contributed by atoms with Crippen molar-refractivity contribution in [3.63, 3.8) is 0 Å². The lowest BCUT2D eigenvalue weighted by molar-refractivity contribution is 0.258. The van der Waals surface area contributed by atoms with Gasteiger partial charge in [-0.1, -0.05) is 62.3 Å². The number of hydrogen-bond acceptors (Lipinski definition) is 5. The summed E-state index contributed by atoms with van der Waals surface area (Å²) >= 11 is 0. The summed E-state index contributed by atoms with van der Waals surface area (Å²) in [4.78, 5) is 7.65. The highest BCUT2D eigenvalue weighted by Gasteiger charge is 2.47. The van der Waals surface area contributed by atoms with Crippen LogP contribution in [0, 0.1) is 16.2 Å². The molecule has 7 heteroatoms. The van der Waals surface area contributed by atoms with Crippen LogP contribution in [0.4, 0.5) is 0 Å². The Morgan fingerprint density at radius 3 is 1.93 bits per heavy atom. The van der Waals surface area contributed by atoms with Crippen molar-refractivity contribution in [2.24, 2.45) is 21.2 Å². The molecular formula is C21H40N3O3P. The summed E-state index contributed by atoms with van der Waals surface area (Å²) in [5.74, 6) is 1.10. The molecule has 0 aromatic rings. The topological polar surface area (TPSA) is 63.2 Å². The quantitative estimate of drug-likeness (QED) is 0.640. The first kappa shape index (κ1) is 23.6. The first-order chi connectivity index (χ1) is 12.5. The molecule has 6 nitrogen and oxygen atoms in total. The molecule has 2 aliphatic heterocycles. The maximum atomic E-state index is 12.7. The number of hydrogen-bond donors (Lipinski definition) is 1. The Morgan fingerprint density at radius 2 is 1.54 bits per heavy atom. The summed E-state index contributed by atoms with van der Waals surface area (Å²) in [7, 11) is -0.464. The number of fused-ring (bicyclic) bond motifs is 1. The van der Waals surface area contributed by atoms with Crippen molar-refractivity contribution in [3.05, 3.63) is 11.3 Å². The lowest BCUT2D eigenvalue weighted by atomic mass is 9.70. The van der Waals surface area contributed by atoms with Crippen LogP contribution in [0.2, 0.25) is 0 Å². The highest BCUT2D eigenvalue weighted by molar-refractivity contribution is 7.51. The van der Waals surface area contributed by atoms with E-state index in [1.54, 1.807) is 0 Å². The van der Waals surface area contributed by atoms with Gasteiger partial charge in [-0.05, 0) is 16.4 Å². The van der Waals surface area contributed by atoms with E-state index in [1.165, 1.54) is 25.5 Å². The number of rotatable bonds is 4. The number of amidine groups is 1. The van der Waals surface area contributed by atoms with Crippen LogP contribution in [0.5, 0.6) is 0 Å². The van der Waals surface area contributed by atoms with E-state index in [1.807, 2.05) is 0 Å². The van der Waals surface area contributed by atoms with Gasteiger partial charge in [0.1, 0.15) is 5.84 Å². The molecule has 1 N–H and O–H groups in total. The van der Waals surface area contributed by atoms with Crippen molar-refractivity contribution < 1.29 is 13.6 Å². The van der Waals surface area contributed by atoms with Gasteiger partial charge in [0.05, 0.1) is 6.04 Å². The van der Waals surface area contributed by atoms with Crippen molar-refractivity contribution in [1.29, 1.82) is 0 Å². The average molecular weight is 414 g/mol. The number of aliphatic imine (C=N–C) groups is 1. The van der Waals surface area contributed by atoms with Crippen LogP contribution in [0.3, 0.4) is 0 Å². The predicted octanol–water partition coefficient (Wildman–Crippen LogP) is 5.22. The zero-order valence-electron chi connectivity index (χ0n) is 19.6. The van der Waals surface area contributed by atoms with E-state index in [2.05, 4.69) is 72.3 Å². The molecule has 1 saturated heterocycles. The van der Waals surface area contributed by atoms with E-state index in [-0.39, 0.29) is 28.3 Å². The smallest absolute Gasteiger partial charge is 0.332 e. The standard InChI is InChI=1S/C21H40N3O3P/c1-19(2,3)16-15-12-14(23-28(25,26-10)27-11)13-24(15)18(21(7,8)9)22-17(16)20(4,5)6/h14,17H,12-13H2,1-11H3,(H,23,25)/t14-,17+/m0/s1. The summed E-state index contributed by atoms with van der Waals surface area (Å²) in [6.45, 7) is 20.9. The van der Waals surface area contributed by atoms with Crippen molar-refractivity contribution >= 4 is 13.6 Å². The van der Waals surface area contributed by atoms with E-state index in [0.29, 0.717) is 6.54 Å². The Kier molecular flexibility index (Phi) is 6.35. The molecule has 162 valence electrons. The maximum absolute atomic E-state index is 12.7. The van der Waals surface area contributed by atoms with Crippen molar-refractivity contribution in [3.8, 4) is 0 Å². The second-order valence-corrected chi connectivity index (χ2v) is 13.1. The van der Waals surface area contributed by atoms with Gasteiger partial charge in [-0.25, -0.2) is 9.65 Å². The van der Waals surface area contributed by atoms with Gasteiger partial charge in [0.2, 0.25) is 0 Å². The molecule has 0 aromatic heterocycles. The van der Waals surface area contributed by atoms with Gasteiger partial charge in [0.25, 0.3) is 0 Å². The van der Waals surface area contributed by atoms with E-state index >= 15 is 0 Å². The fraction of sp³-hybridized carbons (Fsp3) is 0.857. The third kappa shape index (κ3) is 4.72. The number of nitrogens with zero attached hydrogens (tertiary/aromatic N) is 2. The third-order valence-electron chi connectivity index (χ3n) is 5.38. The monoisotopic (exact) mass is 413 g/mol. The highest BCUT2D eigenvalue weighted by Crippen LogP contribution is 2.49. The van der Waals surface area contributed by atoms with Crippen LogP contribution in [0.1, 0.15) is 68.7 Å². The van der Waals surface area contributed by atoms with E-state index in [9.17, 15) is 4.57 Å². The average Bonchev–Trinajstić information content (AvgIpc) is 2.92. The molecule has 2 atom stereocenters. The summed E-state index contributed by atoms with van der Waals surface area (Å²) in [5, 5.41) is 3.13. The number of nitrogens with one attached hydrogen (secondary N) is 1. The molecule has 0 aliphatic carbocycles. The lowest BCUT2D eigenvalue weighted by Gasteiger charge is -2.45. The molecule has 2 heterocycles. The normalized spacial score (nSPS) is 24.5. The van der Waals surface area contributed by atoms with Gasteiger partial charge in [0, 0.05) is 44.3 Å². The van der Waals surface area contributed by atoms with E-state index in [4.69, 9.17) is 14.0 Å². The van der Waals surface area contributed by atoms with Crippen LogP contribution >= 0.6 is 7.75 Å². The Hall–Kier alpha value is -0.680. The van der Waals surface area contributed by atoms with Gasteiger partial charge in [-0.15, -0.1) is 0 Å². The summed E-state index contributed by atoms with van der Waals surface area (Å²) in [5.41, 5.74) is 2.60. The second kappa shape index (κ2) is 7.54. The van der Waals surface area contributed by atoms with Gasteiger partial charge >= 0.3 is 7.75 Å². The zero-order valence-corrected chi connectivity index (χ0v) is 20.5. The van der Waals surface area contributed by atoms with E-state index < -0.39 is 7.75 Å². The highest BCUT2D eigenvalue weighted by atomic mass is 31.2. The first-order valence-electron chi connectivity index (χ1n) is 10.1. The summed E-state index contributed by atoms with van der Waals surface area (Å²) in [6.07, 6.45) is 0.783. The van der Waals surface area contributed by atoms with Crippen molar-refractivity contribution in [2.75, 3.05) is 20.8 Å². The Morgan fingerprint density at radius 1 is 1.00 bits per heavy atom. The van der Waals surface area contributed by atoms with Crippen molar-refractivity contribution in [2.45, 2.75) is 80.8 Å². The maximum Gasteiger partial charge on any atom is 0.405 e. The van der Waals surface area contributed by atoms with Crippen LogP contribution in [-0.2, 0) is 13.6 Å². The van der Waals surface area contributed by atoms with Crippen molar-refractivity contribution in [1.82, 2.24) is 9.99 Å². The van der Waals surface area contributed by atoms with Crippen LogP contribution in [0.15, 0.2) is 16.3 Å². The lowest BCUT2D eigenvalue weighted by Crippen LogP contribution is -2.47. The summed E-state index contributed by atoms with van der Waals surface area (Å²) in [6, 6.07) is 0.0905. The zero-order chi connectivity index (χ0) is 21.7. The van der Waals surface area contributed by atoms with Gasteiger partial charge in [0.15, 0.2) is 0 Å². The van der Waals surface area contributed by atoms with Gasteiger partial charge < -0.3 is 13.9 Å². The minimum Gasteiger partial charge on any atom is -0.332 e. The fourth-order valence-corrected chi connectivity index (χ4v) is 5.16. The molecule has 2 aliphatic rings. The Bertz CT molecular complexity index is 700. The Balaban J connectivity index is 2.58. The SMILES string of the molecule is COP(=O)(N[C@H]1CC2=C(C(C)(C)C)[C@H](C(C)(C)C)N=C(C(C)(C)C)N2C1)OC. The minimum absolute atomic E-state index is 0.0120. The molecule has 28 heavy (non-hydrogen) atoms. The molecule has 0 spiro atoms. The third-order valence-corrected chi connectivity index (χ3v) is 7.02. The minimum atomic E-state index is -3.29. The molecule has 0 amide bonds. The van der Waals surface area contributed by atoms with Crippen LogP contribution in [0.25, 0.3) is 0 Å². The first-order valence-corrected chi connectivity index (χ1v) is 11.7. The Labute approximate surface area is 171 Å². The predicted molar refractivity (Wildman–Crippen MR) is 116 cm³/mol.